The van der Waals surface area contributed by atoms with Gasteiger partial charge >= 0.3 is 0 Å². The number of nitrogens with zero attached hydrogens (tertiary/aromatic N) is 1. The van der Waals surface area contributed by atoms with E-state index in [0.717, 1.165) is 16.9 Å². The Labute approximate surface area is 111 Å². The maximum absolute atomic E-state index is 5.69. The van der Waals surface area contributed by atoms with E-state index in [0.29, 0.717) is 5.90 Å². The summed E-state index contributed by atoms with van der Waals surface area (Å²) in [7, 11) is 1.63. The summed E-state index contributed by atoms with van der Waals surface area (Å²) in [5.74, 6) is 1.28. The van der Waals surface area contributed by atoms with Gasteiger partial charge in [-0.1, -0.05) is 30.3 Å². The first-order chi connectivity index (χ1) is 9.36. The van der Waals surface area contributed by atoms with Crippen molar-refractivity contribution >= 4 is 5.90 Å². The number of hydrogen-bond donors (Lipinski definition) is 0. The van der Waals surface area contributed by atoms with Crippen molar-refractivity contribution < 1.29 is 14.3 Å². The molecule has 2 aromatic rings. The van der Waals surface area contributed by atoms with E-state index in [4.69, 9.17) is 14.3 Å². The van der Waals surface area contributed by atoms with Crippen LogP contribution in [0.1, 0.15) is 17.4 Å². The van der Waals surface area contributed by atoms with Crippen LogP contribution in [-0.4, -0.2) is 13.0 Å². The Morgan fingerprint density at radius 2 is 1.74 bits per heavy atom. The van der Waals surface area contributed by atoms with Gasteiger partial charge in [0.1, 0.15) is 5.75 Å². The summed E-state index contributed by atoms with van der Waals surface area (Å²) in [5, 5.41) is 3.97. The Hall–Kier alpha value is -2.49. The van der Waals surface area contributed by atoms with Gasteiger partial charge in [0.05, 0.1) is 7.11 Å². The normalized spacial score (nSPS) is 17.3. The zero-order valence-electron chi connectivity index (χ0n) is 10.4. The lowest BCUT2D eigenvalue weighted by Gasteiger charge is -2.09. The van der Waals surface area contributed by atoms with Crippen molar-refractivity contribution in [2.45, 2.75) is 6.29 Å². The molecule has 96 valence electrons. The fraction of sp³-hybridized carbons (Fsp3) is 0.133. The van der Waals surface area contributed by atoms with Gasteiger partial charge < -0.3 is 14.3 Å². The number of rotatable bonds is 3. The van der Waals surface area contributed by atoms with E-state index in [1.54, 1.807) is 7.11 Å². The van der Waals surface area contributed by atoms with Crippen molar-refractivity contribution in [1.29, 1.82) is 0 Å². The molecule has 19 heavy (non-hydrogen) atoms. The molecule has 4 nitrogen and oxygen atoms in total. The molecule has 0 saturated carbocycles. The predicted molar refractivity (Wildman–Crippen MR) is 70.9 cm³/mol. The minimum Gasteiger partial charge on any atom is -0.497 e. The Balaban J connectivity index is 1.74. The number of methoxy groups -OCH3 is 1. The van der Waals surface area contributed by atoms with E-state index in [1.807, 2.05) is 54.6 Å². The lowest BCUT2D eigenvalue weighted by atomic mass is 10.2. The molecule has 0 radical (unpaired) electrons. The fourth-order valence-electron chi connectivity index (χ4n) is 1.83. The lowest BCUT2D eigenvalue weighted by molar-refractivity contribution is -0.0498. The molecule has 3 rings (SSSR count). The highest BCUT2D eigenvalue weighted by atomic mass is 16.8. The maximum Gasteiger partial charge on any atom is 0.293 e. The molecule has 1 aliphatic heterocycles. The molecule has 1 heterocycles. The zero-order chi connectivity index (χ0) is 13.1. The van der Waals surface area contributed by atoms with E-state index in [9.17, 15) is 0 Å². The van der Waals surface area contributed by atoms with Crippen molar-refractivity contribution in [1.82, 2.24) is 0 Å². The van der Waals surface area contributed by atoms with Crippen LogP contribution in [0.4, 0.5) is 0 Å². The topological polar surface area (TPSA) is 40.0 Å². The van der Waals surface area contributed by atoms with Gasteiger partial charge in [-0.25, -0.2) is 0 Å². The van der Waals surface area contributed by atoms with Gasteiger partial charge in [0.2, 0.25) is 0 Å². The Morgan fingerprint density at radius 1 is 1.00 bits per heavy atom. The molecular weight excluding hydrogens is 242 g/mol. The first-order valence-electron chi connectivity index (χ1n) is 5.96. The van der Waals surface area contributed by atoms with E-state index in [-0.39, 0.29) is 0 Å². The van der Waals surface area contributed by atoms with Gasteiger partial charge in [0.15, 0.2) is 0 Å². The summed E-state index contributed by atoms with van der Waals surface area (Å²) in [6.07, 6.45) is -0.474. The predicted octanol–water partition coefficient (Wildman–Crippen LogP) is 3.10. The summed E-state index contributed by atoms with van der Waals surface area (Å²) in [4.78, 5) is 5.30. The third-order valence-electron chi connectivity index (χ3n) is 2.86. The molecular formula is C15H13NO3. The van der Waals surface area contributed by atoms with Crippen molar-refractivity contribution in [2.75, 3.05) is 7.11 Å². The van der Waals surface area contributed by atoms with Crippen LogP contribution in [0.15, 0.2) is 59.8 Å². The Bertz CT molecular complexity index is 578. The molecule has 1 unspecified atom stereocenters. The second kappa shape index (κ2) is 5.02. The molecule has 0 bridgehead atoms. The smallest absolute Gasteiger partial charge is 0.293 e. The number of ether oxygens (including phenoxy) is 2. The highest BCUT2D eigenvalue weighted by molar-refractivity contribution is 5.94. The second-order valence-corrected chi connectivity index (χ2v) is 4.09. The third-order valence-corrected chi connectivity index (χ3v) is 2.86. The lowest BCUT2D eigenvalue weighted by Crippen LogP contribution is -2.05. The van der Waals surface area contributed by atoms with Crippen LogP contribution in [0.3, 0.4) is 0 Å². The standard InChI is InChI=1S/C15H13NO3/c1-17-13-9-7-11(8-10-13)14-16-19-15(18-14)12-5-3-2-4-6-12/h2-10,15H,1H3. The maximum atomic E-state index is 5.69. The van der Waals surface area contributed by atoms with Crippen LogP contribution >= 0.6 is 0 Å². The summed E-state index contributed by atoms with van der Waals surface area (Å²) >= 11 is 0. The molecule has 0 fully saturated rings. The van der Waals surface area contributed by atoms with Crippen molar-refractivity contribution in [3.63, 3.8) is 0 Å². The van der Waals surface area contributed by atoms with E-state index in [2.05, 4.69) is 5.16 Å². The minimum absolute atomic E-state index is 0.474. The molecule has 1 atom stereocenters. The van der Waals surface area contributed by atoms with Gasteiger partial charge in [-0.15, -0.1) is 0 Å². The molecule has 0 spiro atoms. The second-order valence-electron chi connectivity index (χ2n) is 4.09. The molecule has 0 N–H and O–H groups in total. The monoisotopic (exact) mass is 255 g/mol. The molecule has 2 aromatic carbocycles. The van der Waals surface area contributed by atoms with Crippen LogP contribution in [0.25, 0.3) is 0 Å². The first-order valence-corrected chi connectivity index (χ1v) is 5.96. The van der Waals surface area contributed by atoms with Gasteiger partial charge in [-0.3, -0.25) is 0 Å². The molecule has 0 aromatic heterocycles. The minimum atomic E-state index is -0.474. The molecule has 4 heteroatoms. The Morgan fingerprint density at radius 3 is 2.42 bits per heavy atom. The molecule has 0 saturated heterocycles. The third kappa shape index (κ3) is 2.38. The van der Waals surface area contributed by atoms with Crippen molar-refractivity contribution in [2.24, 2.45) is 5.16 Å². The summed E-state index contributed by atoms with van der Waals surface area (Å²) in [5.41, 5.74) is 1.80. The SMILES string of the molecule is COc1ccc(C2=NOC(c3ccccc3)O2)cc1. The van der Waals surface area contributed by atoms with E-state index in [1.165, 1.54) is 0 Å². The fourth-order valence-corrected chi connectivity index (χ4v) is 1.83. The first kappa shape index (κ1) is 11.6. The number of benzene rings is 2. The van der Waals surface area contributed by atoms with Crippen molar-refractivity contribution in [3.05, 3.63) is 65.7 Å². The van der Waals surface area contributed by atoms with Crippen LogP contribution < -0.4 is 4.74 Å². The summed E-state index contributed by atoms with van der Waals surface area (Å²) in [6, 6.07) is 17.2. The summed E-state index contributed by atoms with van der Waals surface area (Å²) < 4.78 is 10.8. The highest BCUT2D eigenvalue weighted by Crippen LogP contribution is 2.26. The van der Waals surface area contributed by atoms with Gasteiger partial charge in [-0.05, 0) is 29.4 Å². The van der Waals surface area contributed by atoms with E-state index < -0.39 is 6.29 Å². The molecule has 1 aliphatic rings. The Kier molecular flexibility index (Phi) is 3.06. The average Bonchev–Trinajstić information content (AvgIpc) is 2.98. The van der Waals surface area contributed by atoms with Crippen LogP contribution in [0.2, 0.25) is 0 Å². The van der Waals surface area contributed by atoms with Gasteiger partial charge in [0.25, 0.3) is 12.2 Å². The number of hydrogen-bond acceptors (Lipinski definition) is 4. The zero-order valence-corrected chi connectivity index (χ0v) is 10.4. The number of oxime groups is 1. The van der Waals surface area contributed by atoms with Gasteiger partial charge in [0, 0.05) is 11.1 Å². The van der Waals surface area contributed by atoms with Crippen LogP contribution in [0.5, 0.6) is 5.75 Å². The van der Waals surface area contributed by atoms with Crippen LogP contribution in [-0.2, 0) is 9.57 Å². The largest absolute Gasteiger partial charge is 0.497 e. The van der Waals surface area contributed by atoms with Gasteiger partial charge in [-0.2, -0.15) is 0 Å². The summed E-state index contributed by atoms with van der Waals surface area (Å²) in [6.45, 7) is 0. The molecule has 0 amide bonds. The van der Waals surface area contributed by atoms with Crippen molar-refractivity contribution in [3.8, 4) is 5.75 Å². The average molecular weight is 255 g/mol. The van der Waals surface area contributed by atoms with E-state index >= 15 is 0 Å². The van der Waals surface area contributed by atoms with Crippen LogP contribution in [0, 0.1) is 0 Å². The quantitative estimate of drug-likeness (QED) is 0.846. The highest BCUT2D eigenvalue weighted by Gasteiger charge is 2.24. The molecule has 0 aliphatic carbocycles.